The van der Waals surface area contributed by atoms with Crippen LogP contribution in [0.2, 0.25) is 0 Å². The van der Waals surface area contributed by atoms with Gasteiger partial charge in [-0.05, 0) is 43.9 Å². The van der Waals surface area contributed by atoms with E-state index in [9.17, 15) is 9.18 Å². The van der Waals surface area contributed by atoms with Crippen molar-refractivity contribution < 1.29 is 9.18 Å². The average molecular weight is 266 g/mol. The van der Waals surface area contributed by atoms with Crippen LogP contribution in [-0.4, -0.2) is 18.5 Å². The van der Waals surface area contributed by atoms with Crippen LogP contribution in [0.4, 0.5) is 10.1 Å². The number of amides is 1. The molecule has 1 aromatic carbocycles. The largest absolute Gasteiger partial charge is 0.372 e. The molecule has 0 aliphatic carbocycles. The highest BCUT2D eigenvalue weighted by atomic mass is 19.1. The molecule has 1 amide bonds. The molecule has 0 heterocycles. The molecule has 1 unspecified atom stereocenters. The lowest BCUT2D eigenvalue weighted by atomic mass is 10.1. The number of halogens is 1. The first-order chi connectivity index (χ1) is 8.90. The fourth-order valence-corrected chi connectivity index (χ4v) is 1.67. The predicted octanol–water partition coefficient (Wildman–Crippen LogP) is 3.10. The van der Waals surface area contributed by atoms with Crippen LogP contribution in [0.15, 0.2) is 18.2 Å². The van der Waals surface area contributed by atoms with Gasteiger partial charge in [-0.25, -0.2) is 4.39 Å². The Morgan fingerprint density at radius 3 is 2.58 bits per heavy atom. The van der Waals surface area contributed by atoms with Gasteiger partial charge in [-0.3, -0.25) is 4.79 Å². The number of hydrogen-bond donors (Lipinski definition) is 2. The van der Waals surface area contributed by atoms with Gasteiger partial charge in [0.1, 0.15) is 11.9 Å². The third-order valence-corrected chi connectivity index (χ3v) is 2.91. The van der Waals surface area contributed by atoms with Gasteiger partial charge in [-0.15, -0.1) is 0 Å². The van der Waals surface area contributed by atoms with Gasteiger partial charge in [0.05, 0.1) is 5.69 Å². The van der Waals surface area contributed by atoms with Crippen LogP contribution in [0.1, 0.15) is 32.8 Å². The number of hydrogen-bond acceptors (Lipinski definition) is 2. The van der Waals surface area contributed by atoms with Crippen molar-refractivity contribution in [3.8, 4) is 0 Å². The molecule has 2 N–H and O–H groups in total. The van der Waals surface area contributed by atoms with Gasteiger partial charge in [0, 0.05) is 6.54 Å². The van der Waals surface area contributed by atoms with Crippen molar-refractivity contribution in [3.63, 3.8) is 0 Å². The molecule has 19 heavy (non-hydrogen) atoms. The van der Waals surface area contributed by atoms with Crippen molar-refractivity contribution in [2.24, 2.45) is 5.92 Å². The van der Waals surface area contributed by atoms with Crippen molar-refractivity contribution in [3.05, 3.63) is 29.6 Å². The van der Waals surface area contributed by atoms with E-state index in [1.54, 1.807) is 13.0 Å². The zero-order valence-corrected chi connectivity index (χ0v) is 12.1. The third kappa shape index (κ3) is 5.28. The number of rotatable bonds is 6. The molecule has 0 radical (unpaired) electrons. The molecule has 1 aromatic rings. The third-order valence-electron chi connectivity index (χ3n) is 2.91. The number of nitrogens with one attached hydrogen (secondary N) is 2. The van der Waals surface area contributed by atoms with Crippen LogP contribution in [0.5, 0.6) is 0 Å². The summed E-state index contributed by atoms with van der Waals surface area (Å²) in [5, 5.41) is 5.73. The fraction of sp³-hybridized carbons (Fsp3) is 0.533. The summed E-state index contributed by atoms with van der Waals surface area (Å²) in [5.74, 6) is 0.112. The summed E-state index contributed by atoms with van der Waals surface area (Å²) in [6.45, 7) is 8.42. The van der Waals surface area contributed by atoms with E-state index in [4.69, 9.17) is 0 Å². The summed E-state index contributed by atoms with van der Waals surface area (Å²) < 4.78 is 13.6. The first kappa shape index (κ1) is 15.5. The molecule has 0 saturated carbocycles. The summed E-state index contributed by atoms with van der Waals surface area (Å²) in [6.07, 6.45) is 0.942. The minimum Gasteiger partial charge on any atom is -0.372 e. The van der Waals surface area contributed by atoms with Gasteiger partial charge in [0.2, 0.25) is 5.91 Å². The summed E-state index contributed by atoms with van der Waals surface area (Å²) in [5.41, 5.74) is 1.22. The molecule has 1 rings (SSSR count). The molecule has 3 nitrogen and oxygen atoms in total. The minimum absolute atomic E-state index is 0.111. The van der Waals surface area contributed by atoms with Crippen molar-refractivity contribution in [2.45, 2.75) is 40.2 Å². The summed E-state index contributed by atoms with van der Waals surface area (Å²) >= 11 is 0. The van der Waals surface area contributed by atoms with Gasteiger partial charge in [0.25, 0.3) is 0 Å². The molecule has 0 aliphatic rings. The Morgan fingerprint density at radius 1 is 1.32 bits per heavy atom. The second-order valence-corrected chi connectivity index (χ2v) is 5.32. The zero-order chi connectivity index (χ0) is 14.4. The van der Waals surface area contributed by atoms with E-state index in [1.165, 1.54) is 6.07 Å². The highest BCUT2D eigenvalue weighted by Crippen LogP contribution is 2.16. The maximum atomic E-state index is 13.6. The Morgan fingerprint density at radius 2 is 2.00 bits per heavy atom. The monoisotopic (exact) mass is 266 g/mol. The second kappa shape index (κ2) is 7.12. The van der Waals surface area contributed by atoms with E-state index in [2.05, 4.69) is 24.5 Å². The number of carbonyl (C=O) groups excluding carboxylic acids is 1. The number of anilines is 1. The molecule has 0 aromatic heterocycles. The summed E-state index contributed by atoms with van der Waals surface area (Å²) in [7, 11) is 0. The van der Waals surface area contributed by atoms with Crippen molar-refractivity contribution in [1.82, 2.24) is 5.32 Å². The Balaban J connectivity index is 2.49. The van der Waals surface area contributed by atoms with Crippen molar-refractivity contribution in [1.29, 1.82) is 0 Å². The van der Waals surface area contributed by atoms with Gasteiger partial charge in [0.15, 0.2) is 0 Å². The highest BCUT2D eigenvalue weighted by molar-refractivity contribution is 5.84. The van der Waals surface area contributed by atoms with E-state index in [-0.39, 0.29) is 11.7 Å². The Kier molecular flexibility index (Phi) is 5.80. The molecule has 0 spiro atoms. The topological polar surface area (TPSA) is 41.1 Å². The average Bonchev–Trinajstić information content (AvgIpc) is 2.32. The van der Waals surface area contributed by atoms with E-state index in [0.29, 0.717) is 18.2 Å². The maximum Gasteiger partial charge on any atom is 0.242 e. The van der Waals surface area contributed by atoms with Gasteiger partial charge >= 0.3 is 0 Å². The Bertz CT molecular complexity index is 432. The molecule has 0 saturated heterocycles. The SMILES string of the molecule is Cc1ccc(NC(C)C(=O)NCCC(C)C)c(F)c1. The summed E-state index contributed by atoms with van der Waals surface area (Å²) in [6, 6.07) is 4.47. The molecule has 4 heteroatoms. The lowest BCUT2D eigenvalue weighted by molar-refractivity contribution is -0.121. The zero-order valence-electron chi connectivity index (χ0n) is 12.1. The van der Waals surface area contributed by atoms with E-state index in [1.807, 2.05) is 13.0 Å². The normalized spacial score (nSPS) is 12.3. The number of carbonyl (C=O) groups is 1. The molecule has 1 atom stereocenters. The van der Waals surface area contributed by atoms with Gasteiger partial charge in [-0.1, -0.05) is 19.9 Å². The second-order valence-electron chi connectivity index (χ2n) is 5.32. The van der Waals surface area contributed by atoms with Crippen LogP contribution < -0.4 is 10.6 Å². The first-order valence-corrected chi connectivity index (χ1v) is 6.70. The standard InChI is InChI=1S/C15H23FN2O/c1-10(2)7-8-17-15(19)12(4)18-14-6-5-11(3)9-13(14)16/h5-6,9-10,12,18H,7-8H2,1-4H3,(H,17,19). The smallest absolute Gasteiger partial charge is 0.242 e. The molecule has 0 aliphatic heterocycles. The van der Waals surface area contributed by atoms with Gasteiger partial charge in [-0.2, -0.15) is 0 Å². The lowest BCUT2D eigenvalue weighted by Crippen LogP contribution is -2.38. The van der Waals surface area contributed by atoms with E-state index in [0.717, 1.165) is 12.0 Å². The van der Waals surface area contributed by atoms with Gasteiger partial charge < -0.3 is 10.6 Å². The maximum absolute atomic E-state index is 13.6. The van der Waals surface area contributed by atoms with Crippen LogP contribution in [0, 0.1) is 18.7 Å². The van der Waals surface area contributed by atoms with Crippen molar-refractivity contribution in [2.75, 3.05) is 11.9 Å². The quantitative estimate of drug-likeness (QED) is 0.830. The molecule has 0 bridgehead atoms. The number of aryl methyl sites for hydroxylation is 1. The van der Waals surface area contributed by atoms with E-state index >= 15 is 0 Å². The molecule has 0 fully saturated rings. The number of benzene rings is 1. The minimum atomic E-state index is -0.454. The predicted molar refractivity (Wildman–Crippen MR) is 76.7 cm³/mol. The lowest BCUT2D eigenvalue weighted by Gasteiger charge is -2.16. The van der Waals surface area contributed by atoms with Crippen LogP contribution >= 0.6 is 0 Å². The summed E-state index contributed by atoms with van der Waals surface area (Å²) in [4.78, 5) is 11.8. The Hall–Kier alpha value is -1.58. The van der Waals surface area contributed by atoms with Crippen LogP contribution in [-0.2, 0) is 4.79 Å². The Labute approximate surface area is 114 Å². The van der Waals surface area contributed by atoms with Crippen molar-refractivity contribution >= 4 is 11.6 Å². The molecule has 106 valence electrons. The van der Waals surface area contributed by atoms with Crippen LogP contribution in [0.3, 0.4) is 0 Å². The first-order valence-electron chi connectivity index (χ1n) is 6.70. The fourth-order valence-electron chi connectivity index (χ4n) is 1.67. The molecular formula is C15H23FN2O. The van der Waals surface area contributed by atoms with Crippen LogP contribution in [0.25, 0.3) is 0 Å². The van der Waals surface area contributed by atoms with E-state index < -0.39 is 6.04 Å². The molecular weight excluding hydrogens is 243 g/mol. The highest BCUT2D eigenvalue weighted by Gasteiger charge is 2.13.